The summed E-state index contributed by atoms with van der Waals surface area (Å²) in [7, 11) is 0. The van der Waals surface area contributed by atoms with E-state index in [9.17, 15) is 0 Å². The second kappa shape index (κ2) is 5.67. The number of aromatic nitrogens is 5. The van der Waals surface area contributed by atoms with Crippen LogP contribution in [0.15, 0.2) is 18.5 Å². The minimum Gasteiger partial charge on any atom is -0.368 e. The number of hydrogen-bond acceptors (Lipinski definition) is 6. The third kappa shape index (κ3) is 2.96. The highest BCUT2D eigenvalue weighted by Crippen LogP contribution is 2.40. The Morgan fingerprint density at radius 2 is 2.10 bits per heavy atom. The third-order valence-corrected chi connectivity index (χ3v) is 4.39. The van der Waals surface area contributed by atoms with Crippen LogP contribution in [0.25, 0.3) is 5.95 Å². The summed E-state index contributed by atoms with van der Waals surface area (Å²) in [6, 6.07) is 1.82. The van der Waals surface area contributed by atoms with Gasteiger partial charge in [-0.1, -0.05) is 19.8 Å². The normalized spacial score (nSPS) is 17.0. The van der Waals surface area contributed by atoms with E-state index in [0.29, 0.717) is 17.3 Å². The largest absolute Gasteiger partial charge is 0.368 e. The monoisotopic (exact) mass is 287 g/mol. The minimum absolute atomic E-state index is 0.204. The average Bonchev–Trinajstić information content (AvgIpc) is 3.17. The standard InChI is InChI=1S/C14H21N7/c1-2-14(6-3-4-7-14)10-16-12-18-11(15)19-13(20-12)21-9-5-8-17-21/h5,8-9H,2-4,6-7,10H2,1H3,(H3,15,16,18,19,20). The van der Waals surface area contributed by atoms with Crippen molar-refractivity contribution in [1.29, 1.82) is 0 Å². The van der Waals surface area contributed by atoms with Crippen molar-refractivity contribution in [2.45, 2.75) is 39.0 Å². The first kappa shape index (κ1) is 13.8. The SMILES string of the molecule is CCC1(CNc2nc(N)nc(-n3cccn3)n2)CCCC1. The molecule has 0 amide bonds. The Kier molecular flexibility index (Phi) is 3.72. The molecule has 0 saturated heterocycles. The van der Waals surface area contributed by atoms with E-state index < -0.39 is 0 Å². The first-order chi connectivity index (χ1) is 10.2. The zero-order chi connectivity index (χ0) is 14.7. The Balaban J connectivity index is 1.76. The molecule has 2 aromatic heterocycles. The third-order valence-electron chi connectivity index (χ3n) is 4.39. The van der Waals surface area contributed by atoms with Gasteiger partial charge >= 0.3 is 0 Å². The fraction of sp³-hybridized carbons (Fsp3) is 0.571. The van der Waals surface area contributed by atoms with Gasteiger partial charge in [-0.05, 0) is 30.7 Å². The predicted octanol–water partition coefficient (Wildman–Crippen LogP) is 2.02. The number of nitrogens with two attached hydrogens (primary N) is 1. The second-order valence-electron chi connectivity index (χ2n) is 5.68. The predicted molar refractivity (Wildman–Crippen MR) is 81.0 cm³/mol. The molecule has 2 aromatic rings. The number of hydrogen-bond donors (Lipinski definition) is 2. The molecular formula is C14H21N7. The molecule has 112 valence electrons. The quantitative estimate of drug-likeness (QED) is 0.873. The highest BCUT2D eigenvalue weighted by atomic mass is 15.4. The van der Waals surface area contributed by atoms with Crippen LogP contribution in [0.2, 0.25) is 0 Å². The van der Waals surface area contributed by atoms with Gasteiger partial charge in [0, 0.05) is 18.9 Å². The van der Waals surface area contributed by atoms with E-state index in [1.54, 1.807) is 17.1 Å². The van der Waals surface area contributed by atoms with Gasteiger partial charge in [-0.3, -0.25) is 0 Å². The lowest BCUT2D eigenvalue weighted by molar-refractivity contribution is 0.306. The maximum atomic E-state index is 5.77. The molecule has 1 aliphatic rings. The van der Waals surface area contributed by atoms with Gasteiger partial charge in [-0.2, -0.15) is 20.1 Å². The van der Waals surface area contributed by atoms with Gasteiger partial charge < -0.3 is 11.1 Å². The van der Waals surface area contributed by atoms with Gasteiger partial charge in [0.2, 0.25) is 11.9 Å². The first-order valence-electron chi connectivity index (χ1n) is 7.46. The molecule has 1 aliphatic carbocycles. The summed E-state index contributed by atoms with van der Waals surface area (Å²) in [4.78, 5) is 12.7. The average molecular weight is 287 g/mol. The van der Waals surface area contributed by atoms with E-state index in [0.717, 1.165) is 6.54 Å². The van der Waals surface area contributed by atoms with E-state index in [-0.39, 0.29) is 5.95 Å². The van der Waals surface area contributed by atoms with Crippen LogP contribution in [0.1, 0.15) is 39.0 Å². The molecule has 0 radical (unpaired) electrons. The van der Waals surface area contributed by atoms with Crippen LogP contribution in [0, 0.1) is 5.41 Å². The lowest BCUT2D eigenvalue weighted by Crippen LogP contribution is -2.27. The van der Waals surface area contributed by atoms with E-state index >= 15 is 0 Å². The Bertz CT molecular complexity index is 587. The molecule has 0 unspecified atom stereocenters. The van der Waals surface area contributed by atoms with Gasteiger partial charge in [0.25, 0.3) is 5.95 Å². The van der Waals surface area contributed by atoms with Gasteiger partial charge in [0.15, 0.2) is 0 Å². The zero-order valence-corrected chi connectivity index (χ0v) is 12.3. The van der Waals surface area contributed by atoms with Gasteiger partial charge in [0.1, 0.15) is 0 Å². The summed E-state index contributed by atoms with van der Waals surface area (Å²) in [6.07, 6.45) is 9.79. The molecule has 0 atom stereocenters. The van der Waals surface area contributed by atoms with E-state index in [4.69, 9.17) is 5.73 Å². The molecular weight excluding hydrogens is 266 g/mol. The molecule has 3 rings (SSSR count). The highest BCUT2D eigenvalue weighted by molar-refractivity contribution is 5.35. The Morgan fingerprint density at radius 1 is 1.29 bits per heavy atom. The van der Waals surface area contributed by atoms with Crippen LogP contribution in [0.4, 0.5) is 11.9 Å². The van der Waals surface area contributed by atoms with Gasteiger partial charge in [-0.25, -0.2) is 4.68 Å². The fourth-order valence-electron chi connectivity index (χ4n) is 3.00. The summed E-state index contributed by atoms with van der Waals surface area (Å²) in [6.45, 7) is 3.13. The topological polar surface area (TPSA) is 94.5 Å². The summed E-state index contributed by atoms with van der Waals surface area (Å²) in [5, 5.41) is 7.45. The Labute approximate surface area is 124 Å². The van der Waals surface area contributed by atoms with Crippen LogP contribution in [0.5, 0.6) is 0 Å². The van der Waals surface area contributed by atoms with Crippen molar-refractivity contribution >= 4 is 11.9 Å². The zero-order valence-electron chi connectivity index (χ0n) is 12.3. The number of nitrogens with zero attached hydrogens (tertiary/aromatic N) is 5. The van der Waals surface area contributed by atoms with Crippen molar-refractivity contribution in [3.8, 4) is 5.95 Å². The van der Waals surface area contributed by atoms with E-state index in [1.807, 2.05) is 6.07 Å². The van der Waals surface area contributed by atoms with Crippen molar-refractivity contribution in [2.24, 2.45) is 5.41 Å². The summed E-state index contributed by atoms with van der Waals surface area (Å²) >= 11 is 0. The maximum absolute atomic E-state index is 5.77. The first-order valence-corrected chi connectivity index (χ1v) is 7.46. The van der Waals surface area contributed by atoms with Crippen molar-refractivity contribution in [2.75, 3.05) is 17.6 Å². The van der Waals surface area contributed by atoms with Crippen LogP contribution in [-0.4, -0.2) is 31.3 Å². The molecule has 7 nitrogen and oxygen atoms in total. The van der Waals surface area contributed by atoms with E-state index in [1.165, 1.54) is 32.1 Å². The molecule has 1 saturated carbocycles. The number of rotatable bonds is 5. The van der Waals surface area contributed by atoms with Crippen molar-refractivity contribution in [3.63, 3.8) is 0 Å². The maximum Gasteiger partial charge on any atom is 0.257 e. The summed E-state index contributed by atoms with van der Waals surface area (Å²) in [5.41, 5.74) is 6.14. The molecule has 0 bridgehead atoms. The van der Waals surface area contributed by atoms with Crippen LogP contribution in [0.3, 0.4) is 0 Å². The highest BCUT2D eigenvalue weighted by Gasteiger charge is 2.31. The fourth-order valence-corrected chi connectivity index (χ4v) is 3.00. The van der Waals surface area contributed by atoms with Crippen LogP contribution < -0.4 is 11.1 Å². The Morgan fingerprint density at radius 3 is 2.76 bits per heavy atom. The molecule has 7 heteroatoms. The van der Waals surface area contributed by atoms with E-state index in [2.05, 4.69) is 32.3 Å². The molecule has 2 heterocycles. The molecule has 0 spiro atoms. The number of nitrogens with one attached hydrogen (secondary N) is 1. The van der Waals surface area contributed by atoms with Crippen LogP contribution >= 0.6 is 0 Å². The minimum atomic E-state index is 0.204. The molecule has 1 fully saturated rings. The number of anilines is 2. The summed E-state index contributed by atoms with van der Waals surface area (Å²) in [5.74, 6) is 1.16. The lowest BCUT2D eigenvalue weighted by atomic mass is 9.83. The Hall–Kier alpha value is -2.18. The smallest absolute Gasteiger partial charge is 0.257 e. The van der Waals surface area contributed by atoms with Crippen molar-refractivity contribution in [1.82, 2.24) is 24.7 Å². The molecule has 3 N–H and O–H groups in total. The van der Waals surface area contributed by atoms with Crippen molar-refractivity contribution in [3.05, 3.63) is 18.5 Å². The molecule has 21 heavy (non-hydrogen) atoms. The lowest BCUT2D eigenvalue weighted by Gasteiger charge is -2.27. The van der Waals surface area contributed by atoms with Crippen molar-refractivity contribution < 1.29 is 0 Å². The second-order valence-corrected chi connectivity index (χ2v) is 5.68. The summed E-state index contributed by atoms with van der Waals surface area (Å²) < 4.78 is 1.58. The van der Waals surface area contributed by atoms with Gasteiger partial charge in [-0.15, -0.1) is 0 Å². The van der Waals surface area contributed by atoms with Crippen LogP contribution in [-0.2, 0) is 0 Å². The molecule has 0 aromatic carbocycles. The molecule has 0 aliphatic heterocycles. The van der Waals surface area contributed by atoms with Gasteiger partial charge in [0.05, 0.1) is 0 Å². The number of nitrogen functional groups attached to an aromatic ring is 1.